The molecule has 104 valence electrons. The predicted molar refractivity (Wildman–Crippen MR) is 39.9 cm³/mol. The highest BCUT2D eigenvalue weighted by atomic mass is 127. The Morgan fingerprint density at radius 3 is 0.882 bits per heavy atom. The Labute approximate surface area is 99.3 Å². The first-order chi connectivity index (χ1) is 7.00. The molecule has 0 spiro atoms. The number of hydrogen-bond donors (Lipinski definition) is 0. The average Bonchev–Trinajstić information content (AvgIpc) is 1.95. The van der Waals surface area contributed by atoms with Crippen molar-refractivity contribution in [1.29, 1.82) is 0 Å². The van der Waals surface area contributed by atoms with Gasteiger partial charge in [-0.25, -0.2) is 4.39 Å². The van der Waals surface area contributed by atoms with Gasteiger partial charge >= 0.3 is 27.9 Å². The number of hydrogen-bond acceptors (Lipinski definition) is 0. The molecule has 0 aliphatic heterocycles. The Kier molecular flexibility index (Phi) is 3.97. The van der Waals surface area contributed by atoms with Crippen molar-refractivity contribution in [2.75, 3.05) is 0 Å². The Morgan fingerprint density at radius 1 is 0.529 bits per heavy atom. The summed E-state index contributed by atoms with van der Waals surface area (Å²) in [6.45, 7) is 0. The molecule has 0 aromatic rings. The fourth-order valence-corrected chi connectivity index (χ4v) is 1.36. The summed E-state index contributed by atoms with van der Waals surface area (Å²) >= 11 is -0.762. The van der Waals surface area contributed by atoms with Gasteiger partial charge in [-0.1, -0.05) is 0 Å². The van der Waals surface area contributed by atoms with Gasteiger partial charge in [0, 0.05) is 22.6 Å². The second kappa shape index (κ2) is 3.98. The molecule has 0 N–H and O–H groups in total. The molecule has 0 aromatic heterocycles. The van der Waals surface area contributed by atoms with Gasteiger partial charge in [0.15, 0.2) is 0 Å². The lowest BCUT2D eigenvalue weighted by molar-refractivity contribution is -0.406. The van der Waals surface area contributed by atoms with Crippen LogP contribution in [0.15, 0.2) is 0 Å². The molecule has 0 rings (SSSR count). The van der Waals surface area contributed by atoms with E-state index in [1.54, 1.807) is 0 Å². The lowest BCUT2D eigenvalue weighted by Gasteiger charge is -2.37. The molecule has 0 bridgehead atoms. The van der Waals surface area contributed by atoms with Crippen LogP contribution in [0.25, 0.3) is 0 Å². The summed E-state index contributed by atoms with van der Waals surface area (Å²) in [5.41, 5.74) is -7.05. The molecule has 0 aliphatic rings. The van der Waals surface area contributed by atoms with E-state index in [0.717, 1.165) is 0 Å². The monoisotopic (exact) mass is 396 g/mol. The van der Waals surface area contributed by atoms with Crippen LogP contribution in [0.3, 0.4) is 0 Å². The lowest BCUT2D eigenvalue weighted by Crippen LogP contribution is -2.68. The standard InChI is InChI=1S/C5F11I/c6-1(3(9,10)11,5(15,16)17)2(7,8)4(12,13)14. The normalized spacial score (nSPS) is 19.1. The van der Waals surface area contributed by atoms with Gasteiger partial charge in [0.25, 0.3) is 0 Å². The lowest BCUT2D eigenvalue weighted by atomic mass is 9.96. The Bertz CT molecular complexity index is 266. The average molecular weight is 396 g/mol. The van der Waals surface area contributed by atoms with E-state index in [1.165, 1.54) is 0 Å². The zero-order valence-electron chi connectivity index (χ0n) is 7.04. The largest absolute Gasteiger partial charge is 0.457 e. The van der Waals surface area contributed by atoms with Crippen LogP contribution in [0, 0.1) is 0 Å². The SMILES string of the molecule is FC(F)(F)C(F)(F)C(F)(C(F)(F)F)C(F)(F)I. The zero-order chi connectivity index (χ0) is 14.5. The van der Waals surface area contributed by atoms with E-state index >= 15 is 0 Å². The van der Waals surface area contributed by atoms with E-state index in [2.05, 4.69) is 0 Å². The van der Waals surface area contributed by atoms with Crippen LogP contribution in [-0.4, -0.2) is 27.9 Å². The van der Waals surface area contributed by atoms with Crippen LogP contribution in [-0.2, 0) is 0 Å². The topological polar surface area (TPSA) is 0 Å². The van der Waals surface area contributed by atoms with E-state index in [0.29, 0.717) is 0 Å². The summed E-state index contributed by atoms with van der Waals surface area (Å²) in [6.07, 6.45) is -14.2. The van der Waals surface area contributed by atoms with E-state index in [-0.39, 0.29) is 0 Å². The molecule has 0 saturated heterocycles. The van der Waals surface area contributed by atoms with Gasteiger partial charge in [-0.2, -0.15) is 43.9 Å². The van der Waals surface area contributed by atoms with Crippen molar-refractivity contribution in [1.82, 2.24) is 0 Å². The summed E-state index contributed by atoms with van der Waals surface area (Å²) in [4.78, 5) is 0. The van der Waals surface area contributed by atoms with Crippen molar-refractivity contribution >= 4 is 22.6 Å². The Balaban J connectivity index is 6.04. The maximum atomic E-state index is 12.7. The molecule has 0 aliphatic carbocycles. The van der Waals surface area contributed by atoms with Crippen molar-refractivity contribution in [3.05, 3.63) is 0 Å². The maximum Gasteiger partial charge on any atom is 0.457 e. The molecule has 17 heavy (non-hydrogen) atoms. The van der Waals surface area contributed by atoms with Crippen molar-refractivity contribution < 1.29 is 48.3 Å². The Morgan fingerprint density at radius 2 is 0.824 bits per heavy atom. The summed E-state index contributed by atoms with van der Waals surface area (Å²) in [6, 6.07) is 0. The molecule has 0 fully saturated rings. The minimum atomic E-state index is -7.29. The molecule has 0 aromatic carbocycles. The summed E-state index contributed by atoms with van der Waals surface area (Å²) < 4.78 is 126. The van der Waals surface area contributed by atoms with Gasteiger partial charge < -0.3 is 0 Å². The van der Waals surface area contributed by atoms with Crippen molar-refractivity contribution in [3.63, 3.8) is 0 Å². The molecule has 0 radical (unpaired) electrons. The summed E-state index contributed by atoms with van der Waals surface area (Å²) in [5.74, 6) is -7.29. The summed E-state index contributed by atoms with van der Waals surface area (Å²) in [5, 5.41) is 0. The fraction of sp³-hybridized carbons (Fsp3) is 1.00. The van der Waals surface area contributed by atoms with Crippen LogP contribution in [0.5, 0.6) is 0 Å². The van der Waals surface area contributed by atoms with E-state index in [1.807, 2.05) is 0 Å². The third kappa shape index (κ3) is 2.41. The first-order valence-electron chi connectivity index (χ1n) is 3.27. The first kappa shape index (κ1) is 17.0. The fourth-order valence-electron chi connectivity index (χ4n) is 0.712. The van der Waals surface area contributed by atoms with Gasteiger partial charge in [0.1, 0.15) is 0 Å². The zero-order valence-corrected chi connectivity index (χ0v) is 9.19. The van der Waals surface area contributed by atoms with Crippen molar-refractivity contribution in [2.24, 2.45) is 0 Å². The number of halogens is 12. The third-order valence-corrected chi connectivity index (χ3v) is 2.31. The van der Waals surface area contributed by atoms with Crippen molar-refractivity contribution in [3.8, 4) is 0 Å². The summed E-state index contributed by atoms with van der Waals surface area (Å²) in [7, 11) is 0. The molecular formula is C5F11I. The van der Waals surface area contributed by atoms with Gasteiger partial charge in [-0.05, 0) is 0 Å². The van der Waals surface area contributed by atoms with Crippen LogP contribution in [0.4, 0.5) is 48.3 Å². The van der Waals surface area contributed by atoms with Gasteiger partial charge in [-0.15, -0.1) is 0 Å². The second-order valence-corrected chi connectivity index (χ2v) is 4.08. The molecule has 1 atom stereocenters. The first-order valence-corrected chi connectivity index (χ1v) is 4.35. The molecule has 0 nitrogen and oxygen atoms in total. The van der Waals surface area contributed by atoms with Gasteiger partial charge in [0.2, 0.25) is 0 Å². The predicted octanol–water partition coefficient (Wildman–Crippen LogP) is 4.48. The third-order valence-electron chi connectivity index (χ3n) is 1.57. The minimum Gasteiger partial charge on any atom is -0.219 e. The number of alkyl halides is 12. The van der Waals surface area contributed by atoms with Crippen LogP contribution < -0.4 is 0 Å². The smallest absolute Gasteiger partial charge is 0.219 e. The quantitative estimate of drug-likeness (QED) is 0.367. The highest BCUT2D eigenvalue weighted by Gasteiger charge is 2.89. The Hall–Kier alpha value is -0.0400. The highest BCUT2D eigenvalue weighted by Crippen LogP contribution is 2.60. The number of rotatable bonds is 2. The van der Waals surface area contributed by atoms with Crippen LogP contribution >= 0.6 is 22.6 Å². The van der Waals surface area contributed by atoms with Crippen LogP contribution in [0.1, 0.15) is 0 Å². The molecular weight excluding hydrogens is 396 g/mol. The van der Waals surface area contributed by atoms with E-state index in [9.17, 15) is 48.3 Å². The van der Waals surface area contributed by atoms with E-state index in [4.69, 9.17) is 0 Å². The van der Waals surface area contributed by atoms with Crippen molar-refractivity contribution in [2.45, 2.75) is 27.9 Å². The van der Waals surface area contributed by atoms with Gasteiger partial charge in [0.05, 0.1) is 0 Å². The second-order valence-electron chi connectivity index (χ2n) is 2.73. The molecule has 1 unspecified atom stereocenters. The minimum absolute atomic E-state index is 0.762. The molecule has 0 saturated carbocycles. The van der Waals surface area contributed by atoms with Gasteiger partial charge in [-0.3, -0.25) is 0 Å². The molecule has 0 heterocycles. The van der Waals surface area contributed by atoms with Crippen LogP contribution in [0.2, 0.25) is 0 Å². The highest BCUT2D eigenvalue weighted by molar-refractivity contribution is 14.1. The maximum absolute atomic E-state index is 12.7. The molecule has 12 heteroatoms. The van der Waals surface area contributed by atoms with E-state index < -0.39 is 50.5 Å². The molecule has 0 amide bonds.